The molecule has 0 saturated carbocycles. The maximum absolute atomic E-state index is 11.7. The van der Waals surface area contributed by atoms with Crippen molar-refractivity contribution < 1.29 is 9.53 Å². The lowest BCUT2D eigenvalue weighted by Crippen LogP contribution is -2.48. The molecule has 0 aromatic carbocycles. The van der Waals surface area contributed by atoms with Gasteiger partial charge in [0.25, 0.3) is 0 Å². The van der Waals surface area contributed by atoms with Crippen molar-refractivity contribution >= 4 is 11.7 Å². The third-order valence-corrected chi connectivity index (χ3v) is 2.84. The number of amides is 1. The summed E-state index contributed by atoms with van der Waals surface area (Å²) in [5, 5.41) is 9.20. The standard InChI is InChI=1S/C13H20N4O2/c18-13(11-10-14-8-9-19-11)17-7-3-6-16-12-4-1-2-5-15-12/h1-2,4-5,11,14H,3,6-10H2,(H,15,16)(H,17,18). The quantitative estimate of drug-likeness (QED) is 0.630. The van der Waals surface area contributed by atoms with Crippen LogP contribution < -0.4 is 16.0 Å². The first-order valence-electron chi connectivity index (χ1n) is 6.61. The van der Waals surface area contributed by atoms with Crippen LogP contribution in [0.4, 0.5) is 5.82 Å². The van der Waals surface area contributed by atoms with Gasteiger partial charge in [-0.2, -0.15) is 0 Å². The maximum Gasteiger partial charge on any atom is 0.250 e. The highest BCUT2D eigenvalue weighted by Gasteiger charge is 2.20. The zero-order valence-electron chi connectivity index (χ0n) is 10.9. The molecule has 0 radical (unpaired) electrons. The average molecular weight is 264 g/mol. The molecule has 6 heteroatoms. The molecule has 1 saturated heterocycles. The van der Waals surface area contributed by atoms with E-state index in [4.69, 9.17) is 4.74 Å². The van der Waals surface area contributed by atoms with Crippen LogP contribution in [0.3, 0.4) is 0 Å². The molecule has 2 heterocycles. The Hall–Kier alpha value is -1.66. The molecule has 104 valence electrons. The topological polar surface area (TPSA) is 75.3 Å². The summed E-state index contributed by atoms with van der Waals surface area (Å²) in [4.78, 5) is 15.9. The highest BCUT2D eigenvalue weighted by atomic mass is 16.5. The number of hydrogen-bond acceptors (Lipinski definition) is 5. The molecule has 1 aliphatic heterocycles. The number of nitrogens with zero attached hydrogens (tertiary/aromatic N) is 1. The molecule has 1 amide bonds. The fourth-order valence-electron chi connectivity index (χ4n) is 1.83. The Labute approximate surface area is 112 Å². The van der Waals surface area contributed by atoms with Gasteiger partial charge in [0.15, 0.2) is 0 Å². The lowest BCUT2D eigenvalue weighted by molar-refractivity contribution is -0.134. The fourth-order valence-corrected chi connectivity index (χ4v) is 1.83. The summed E-state index contributed by atoms with van der Waals surface area (Å²) in [6.45, 7) is 3.43. The van der Waals surface area contributed by atoms with Gasteiger partial charge in [-0.25, -0.2) is 4.98 Å². The number of aromatic nitrogens is 1. The molecule has 1 aromatic heterocycles. The van der Waals surface area contributed by atoms with Crippen molar-refractivity contribution in [1.29, 1.82) is 0 Å². The molecule has 19 heavy (non-hydrogen) atoms. The highest BCUT2D eigenvalue weighted by Crippen LogP contribution is 1.99. The number of nitrogens with one attached hydrogen (secondary N) is 3. The van der Waals surface area contributed by atoms with Crippen molar-refractivity contribution in [3.8, 4) is 0 Å². The number of pyridine rings is 1. The van der Waals surface area contributed by atoms with E-state index < -0.39 is 0 Å². The average Bonchev–Trinajstić information content (AvgIpc) is 2.49. The molecule has 3 N–H and O–H groups in total. The lowest BCUT2D eigenvalue weighted by atomic mass is 10.3. The van der Waals surface area contributed by atoms with Gasteiger partial charge in [-0.3, -0.25) is 4.79 Å². The van der Waals surface area contributed by atoms with E-state index in [1.54, 1.807) is 6.20 Å². The minimum absolute atomic E-state index is 0.0370. The Kier molecular flexibility index (Phi) is 5.58. The van der Waals surface area contributed by atoms with Gasteiger partial charge >= 0.3 is 0 Å². The summed E-state index contributed by atoms with van der Waals surface area (Å²) in [5.74, 6) is 0.818. The smallest absolute Gasteiger partial charge is 0.250 e. The Morgan fingerprint density at radius 3 is 3.16 bits per heavy atom. The van der Waals surface area contributed by atoms with Crippen LogP contribution >= 0.6 is 0 Å². The van der Waals surface area contributed by atoms with Crippen molar-refractivity contribution in [2.75, 3.05) is 38.1 Å². The second-order valence-electron chi connectivity index (χ2n) is 4.35. The lowest BCUT2D eigenvalue weighted by Gasteiger charge is -2.22. The molecule has 1 aliphatic rings. The van der Waals surface area contributed by atoms with E-state index in [9.17, 15) is 4.79 Å². The third-order valence-electron chi connectivity index (χ3n) is 2.84. The van der Waals surface area contributed by atoms with Crippen molar-refractivity contribution in [3.63, 3.8) is 0 Å². The molecule has 2 rings (SSSR count). The van der Waals surface area contributed by atoms with Crippen LogP contribution in [0.1, 0.15) is 6.42 Å². The Morgan fingerprint density at radius 2 is 2.42 bits per heavy atom. The van der Waals surface area contributed by atoms with Gasteiger partial charge in [-0.05, 0) is 18.6 Å². The highest BCUT2D eigenvalue weighted by molar-refractivity contribution is 5.81. The SMILES string of the molecule is O=C(NCCCNc1ccccn1)C1CNCCO1. The van der Waals surface area contributed by atoms with Gasteiger partial charge in [0.1, 0.15) is 11.9 Å². The molecule has 0 spiro atoms. The van der Waals surface area contributed by atoms with Gasteiger partial charge in [0, 0.05) is 32.4 Å². The van der Waals surface area contributed by atoms with E-state index in [-0.39, 0.29) is 12.0 Å². The molecular weight excluding hydrogens is 244 g/mol. The van der Waals surface area contributed by atoms with Crippen LogP contribution in [0.25, 0.3) is 0 Å². The van der Waals surface area contributed by atoms with E-state index in [1.165, 1.54) is 0 Å². The van der Waals surface area contributed by atoms with Crippen molar-refractivity contribution in [3.05, 3.63) is 24.4 Å². The van der Waals surface area contributed by atoms with Crippen molar-refractivity contribution in [1.82, 2.24) is 15.6 Å². The van der Waals surface area contributed by atoms with Gasteiger partial charge in [-0.1, -0.05) is 6.07 Å². The van der Waals surface area contributed by atoms with Gasteiger partial charge in [-0.15, -0.1) is 0 Å². The number of hydrogen-bond donors (Lipinski definition) is 3. The Balaban J connectivity index is 1.55. The second-order valence-corrected chi connectivity index (χ2v) is 4.35. The number of carbonyl (C=O) groups is 1. The first-order valence-corrected chi connectivity index (χ1v) is 6.61. The summed E-state index contributed by atoms with van der Waals surface area (Å²) < 4.78 is 5.37. The summed E-state index contributed by atoms with van der Waals surface area (Å²) in [7, 11) is 0. The van der Waals surface area contributed by atoms with E-state index in [2.05, 4.69) is 20.9 Å². The second kappa shape index (κ2) is 7.70. The molecule has 1 aromatic rings. The zero-order valence-corrected chi connectivity index (χ0v) is 10.9. The van der Waals surface area contributed by atoms with Crippen LogP contribution in [0.5, 0.6) is 0 Å². The van der Waals surface area contributed by atoms with Crippen LogP contribution in [0.15, 0.2) is 24.4 Å². The molecule has 1 fully saturated rings. The Morgan fingerprint density at radius 1 is 1.47 bits per heavy atom. The van der Waals surface area contributed by atoms with Gasteiger partial charge < -0.3 is 20.7 Å². The van der Waals surface area contributed by atoms with Crippen LogP contribution in [-0.2, 0) is 9.53 Å². The predicted octanol–water partition coefficient (Wildman–Crippen LogP) is -0.0118. The Bertz CT molecular complexity index is 379. The summed E-state index contributed by atoms with van der Waals surface area (Å²) >= 11 is 0. The first-order chi connectivity index (χ1) is 9.36. The number of rotatable bonds is 6. The molecule has 1 unspecified atom stereocenters. The zero-order chi connectivity index (χ0) is 13.3. The van der Waals surface area contributed by atoms with Crippen molar-refractivity contribution in [2.24, 2.45) is 0 Å². The molecular formula is C13H20N4O2. The monoisotopic (exact) mass is 264 g/mol. The minimum Gasteiger partial charge on any atom is -0.370 e. The van der Waals surface area contributed by atoms with E-state index in [1.807, 2.05) is 18.2 Å². The summed E-state index contributed by atoms with van der Waals surface area (Å²) in [6, 6.07) is 5.73. The maximum atomic E-state index is 11.7. The normalized spacial score (nSPS) is 18.8. The van der Waals surface area contributed by atoms with Crippen LogP contribution in [-0.4, -0.2) is 49.8 Å². The number of anilines is 1. The minimum atomic E-state index is -0.350. The van der Waals surface area contributed by atoms with Gasteiger partial charge in [0.05, 0.1) is 6.61 Å². The third kappa shape index (κ3) is 4.84. The number of ether oxygens (including phenoxy) is 1. The van der Waals surface area contributed by atoms with Gasteiger partial charge in [0.2, 0.25) is 5.91 Å². The largest absolute Gasteiger partial charge is 0.370 e. The fraction of sp³-hybridized carbons (Fsp3) is 0.538. The summed E-state index contributed by atoms with van der Waals surface area (Å²) in [5.41, 5.74) is 0. The molecule has 0 aliphatic carbocycles. The van der Waals surface area contributed by atoms with E-state index in [0.29, 0.717) is 19.7 Å². The van der Waals surface area contributed by atoms with Crippen molar-refractivity contribution in [2.45, 2.75) is 12.5 Å². The summed E-state index contributed by atoms with van der Waals surface area (Å²) in [6.07, 6.45) is 2.25. The van der Waals surface area contributed by atoms with E-state index in [0.717, 1.165) is 25.3 Å². The molecule has 1 atom stereocenters. The van der Waals surface area contributed by atoms with Crippen LogP contribution in [0.2, 0.25) is 0 Å². The predicted molar refractivity (Wildman–Crippen MR) is 73.0 cm³/mol. The first kappa shape index (κ1) is 13.8. The molecule has 6 nitrogen and oxygen atoms in total. The molecule has 0 bridgehead atoms. The number of morpholine rings is 1. The van der Waals surface area contributed by atoms with Crippen LogP contribution in [0, 0.1) is 0 Å². The van der Waals surface area contributed by atoms with E-state index >= 15 is 0 Å². The number of carbonyl (C=O) groups excluding carboxylic acids is 1.